The number of rotatable bonds is 8. The zero-order valence-corrected chi connectivity index (χ0v) is 36.1. The summed E-state index contributed by atoms with van der Waals surface area (Å²) in [5.41, 5.74) is -0.0240. The van der Waals surface area contributed by atoms with Crippen molar-refractivity contribution in [1.29, 1.82) is 0 Å². The summed E-state index contributed by atoms with van der Waals surface area (Å²) in [6.45, 7) is 8.03. The SMILES string of the molecule is C[C@@H]1CC[C@@]2(C[C@@H]3[C@@H](C[C@@]4(O)[C@H]5CC=C6C[C@H](O[C@H]7O[C@@H](CO[C@H]8O[C@@H](CO[C@H]9O[C@H](C)[C@@H](O)[C@H](O)[C@@H]9O)[C@H](O)[C@@H](O)[C@@H]8O)[C@H](O)[C@@H](O)[C@@H]7O)CC[C@]6(C)[C@H]5CC[C@]34C)O2)OC1. The van der Waals surface area contributed by atoms with E-state index < -0.39 is 117 Å². The largest absolute Gasteiger partial charge is 0.389 e. The third-order valence-electron chi connectivity index (χ3n) is 17.3. The Morgan fingerprint density at radius 1 is 0.645 bits per heavy atom. The Labute approximate surface area is 362 Å². The summed E-state index contributed by atoms with van der Waals surface area (Å²) in [6.07, 6.45) is -12.4. The predicted molar refractivity (Wildman–Crippen MR) is 211 cm³/mol. The van der Waals surface area contributed by atoms with Crippen molar-refractivity contribution in [3.63, 3.8) is 0 Å². The first-order chi connectivity index (χ1) is 29.3. The highest BCUT2D eigenvalue weighted by molar-refractivity contribution is 5.29. The van der Waals surface area contributed by atoms with Crippen LogP contribution in [0.3, 0.4) is 0 Å². The van der Waals surface area contributed by atoms with Crippen molar-refractivity contribution in [3.8, 4) is 0 Å². The fraction of sp³-hybridized carbons (Fsp3) is 0.955. The van der Waals surface area contributed by atoms with Crippen LogP contribution < -0.4 is 0 Å². The Bertz CT molecular complexity index is 1630. The number of hydrogen-bond donors (Lipinski definition) is 10. The van der Waals surface area contributed by atoms with Crippen LogP contribution in [0.25, 0.3) is 0 Å². The molecule has 0 aromatic carbocycles. The van der Waals surface area contributed by atoms with Gasteiger partial charge in [0.25, 0.3) is 0 Å². The first kappa shape index (κ1) is 46.1. The van der Waals surface area contributed by atoms with E-state index in [1.807, 2.05) is 0 Å². The highest BCUT2D eigenvalue weighted by Gasteiger charge is 2.72. The van der Waals surface area contributed by atoms with Gasteiger partial charge in [-0.2, -0.15) is 0 Å². The van der Waals surface area contributed by atoms with Crippen molar-refractivity contribution in [2.24, 2.45) is 34.5 Å². The van der Waals surface area contributed by atoms with Gasteiger partial charge in [-0.05, 0) is 81.0 Å². The second-order valence-electron chi connectivity index (χ2n) is 20.9. The monoisotopic (exact) mass is 886 g/mol. The van der Waals surface area contributed by atoms with Crippen molar-refractivity contribution < 1.29 is 89.0 Å². The molecule has 5 aliphatic heterocycles. The lowest BCUT2D eigenvalue weighted by molar-refractivity contribution is -0.344. The Balaban J connectivity index is 0.810. The van der Waals surface area contributed by atoms with Crippen LogP contribution in [0.5, 0.6) is 0 Å². The van der Waals surface area contributed by atoms with Gasteiger partial charge in [0.1, 0.15) is 67.1 Å². The number of allylic oxidation sites excluding steroid dienone is 1. The maximum absolute atomic E-state index is 12.8. The molecule has 9 aliphatic rings. The van der Waals surface area contributed by atoms with Gasteiger partial charge in [0.05, 0.1) is 43.7 Å². The highest BCUT2D eigenvalue weighted by Crippen LogP contribution is 2.71. The van der Waals surface area contributed by atoms with E-state index in [1.165, 1.54) is 12.5 Å². The van der Waals surface area contributed by atoms with Gasteiger partial charge in [-0.25, -0.2) is 0 Å². The molecular formula is C44H70O18. The molecule has 18 heteroatoms. The molecule has 1 spiro atoms. The van der Waals surface area contributed by atoms with E-state index in [-0.39, 0.29) is 40.8 Å². The number of fused-ring (bicyclic) bond motifs is 7. The average molecular weight is 887 g/mol. The second-order valence-corrected chi connectivity index (χ2v) is 20.9. The van der Waals surface area contributed by atoms with Gasteiger partial charge in [-0.15, -0.1) is 0 Å². The Morgan fingerprint density at radius 3 is 1.90 bits per heavy atom. The van der Waals surface area contributed by atoms with Crippen LogP contribution in [0.2, 0.25) is 0 Å². The maximum Gasteiger partial charge on any atom is 0.186 e. The van der Waals surface area contributed by atoms with Crippen molar-refractivity contribution in [3.05, 3.63) is 11.6 Å². The summed E-state index contributed by atoms with van der Waals surface area (Å²) >= 11 is 0. The Kier molecular flexibility index (Phi) is 12.6. The topological polar surface area (TPSA) is 276 Å². The van der Waals surface area contributed by atoms with E-state index in [2.05, 4.69) is 26.8 Å². The first-order valence-electron chi connectivity index (χ1n) is 23.0. The van der Waals surface area contributed by atoms with Crippen molar-refractivity contribution >= 4 is 0 Å². The Hall–Kier alpha value is -0.980. The van der Waals surface area contributed by atoms with Crippen molar-refractivity contribution in [2.45, 2.75) is 208 Å². The van der Waals surface area contributed by atoms with E-state index in [0.29, 0.717) is 25.2 Å². The van der Waals surface area contributed by atoms with Gasteiger partial charge < -0.3 is 89.0 Å². The molecule has 3 saturated carbocycles. The quantitative estimate of drug-likeness (QED) is 0.132. The summed E-state index contributed by atoms with van der Waals surface area (Å²) in [5, 5.41) is 108. The second kappa shape index (κ2) is 17.0. The van der Waals surface area contributed by atoms with Gasteiger partial charge in [-0.1, -0.05) is 32.4 Å². The number of aliphatic hydroxyl groups excluding tert-OH is 9. The molecule has 5 saturated heterocycles. The minimum atomic E-state index is -1.77. The number of ether oxygens (including phenoxy) is 8. The van der Waals surface area contributed by atoms with Crippen LogP contribution in [-0.2, 0) is 37.9 Å². The molecule has 0 radical (unpaired) electrons. The van der Waals surface area contributed by atoms with E-state index in [4.69, 9.17) is 37.9 Å². The van der Waals surface area contributed by atoms with Gasteiger partial charge in [0, 0.05) is 24.7 Å². The first-order valence-corrected chi connectivity index (χ1v) is 23.0. The summed E-state index contributed by atoms with van der Waals surface area (Å²) in [7, 11) is 0. The van der Waals surface area contributed by atoms with Gasteiger partial charge in [-0.3, -0.25) is 0 Å². The molecule has 0 aromatic heterocycles. The fourth-order valence-electron chi connectivity index (χ4n) is 13.2. The zero-order chi connectivity index (χ0) is 44.3. The number of aliphatic hydroxyl groups is 10. The minimum Gasteiger partial charge on any atom is -0.389 e. The molecule has 9 rings (SSSR count). The van der Waals surface area contributed by atoms with Gasteiger partial charge in [0.2, 0.25) is 0 Å². The van der Waals surface area contributed by atoms with Gasteiger partial charge in [0.15, 0.2) is 24.7 Å². The summed E-state index contributed by atoms with van der Waals surface area (Å²) < 4.78 is 47.9. The number of hydrogen-bond acceptors (Lipinski definition) is 18. The molecule has 0 amide bonds. The van der Waals surface area contributed by atoms with E-state index >= 15 is 0 Å². The highest BCUT2D eigenvalue weighted by atomic mass is 16.7. The van der Waals surface area contributed by atoms with Crippen molar-refractivity contribution in [1.82, 2.24) is 0 Å². The van der Waals surface area contributed by atoms with Crippen LogP contribution in [-0.4, -0.2) is 187 Å². The van der Waals surface area contributed by atoms with Crippen LogP contribution in [0.1, 0.15) is 91.9 Å². The molecule has 354 valence electrons. The standard InChI is InChI=1S/C44H70O18/c1-19-7-12-43(57-16-19)14-25-26(62-43)15-44(54)24-6-5-21-13-22(8-10-41(21,3)23(24)9-11-42(25,44)4)59-40-37(53)34(50)31(47)28(61-40)18-56-39-36(52)33(49)30(46)27(60-39)17-55-38-35(51)32(48)29(45)20(2)58-38/h5,19-20,22-40,45-54H,6-18H2,1-4H3/t19-,20-,22-,23+,24+,25-,26-,27+,28+,29-,30+,31+,32+,33-,34-,35+,36+,37+,38+,39+,40+,41+,42-,43-,44-/m1/s1. The molecule has 5 heterocycles. The smallest absolute Gasteiger partial charge is 0.186 e. The molecule has 0 bridgehead atoms. The third-order valence-corrected chi connectivity index (χ3v) is 17.3. The minimum absolute atomic E-state index is 0.0176. The van der Waals surface area contributed by atoms with Crippen LogP contribution >= 0.6 is 0 Å². The molecule has 25 atom stereocenters. The van der Waals surface area contributed by atoms with E-state index in [9.17, 15) is 51.1 Å². The molecule has 62 heavy (non-hydrogen) atoms. The summed E-state index contributed by atoms with van der Waals surface area (Å²) in [4.78, 5) is 0. The predicted octanol–water partition coefficient (Wildman–Crippen LogP) is -0.917. The summed E-state index contributed by atoms with van der Waals surface area (Å²) in [5.74, 6) is 0.637. The van der Waals surface area contributed by atoms with Crippen LogP contribution in [0.4, 0.5) is 0 Å². The lowest BCUT2D eigenvalue weighted by Gasteiger charge is -2.61. The Morgan fingerprint density at radius 2 is 1.26 bits per heavy atom. The molecule has 4 aliphatic carbocycles. The van der Waals surface area contributed by atoms with Gasteiger partial charge >= 0.3 is 0 Å². The fourth-order valence-corrected chi connectivity index (χ4v) is 13.2. The van der Waals surface area contributed by atoms with Crippen LogP contribution in [0.15, 0.2) is 11.6 Å². The van der Waals surface area contributed by atoms with E-state index in [0.717, 1.165) is 51.6 Å². The van der Waals surface area contributed by atoms with Crippen LogP contribution in [0, 0.1) is 34.5 Å². The average Bonchev–Trinajstić information content (AvgIpc) is 3.70. The van der Waals surface area contributed by atoms with Crippen molar-refractivity contribution in [2.75, 3.05) is 19.8 Å². The molecule has 10 N–H and O–H groups in total. The lowest BCUT2D eigenvalue weighted by Crippen LogP contribution is -2.62. The normalized spacial score (nSPS) is 57.6. The zero-order valence-electron chi connectivity index (χ0n) is 36.1. The molecule has 0 aromatic rings. The summed E-state index contributed by atoms with van der Waals surface area (Å²) in [6, 6.07) is 0. The lowest BCUT2D eigenvalue weighted by atomic mass is 9.45. The molecule has 18 nitrogen and oxygen atoms in total. The molecule has 8 fully saturated rings. The molecular weight excluding hydrogens is 816 g/mol. The maximum atomic E-state index is 12.8. The van der Waals surface area contributed by atoms with E-state index in [1.54, 1.807) is 0 Å². The molecule has 0 unspecified atom stereocenters. The third kappa shape index (κ3) is 7.57.